The zero-order chi connectivity index (χ0) is 11.5. The summed E-state index contributed by atoms with van der Waals surface area (Å²) in [6.45, 7) is 0. The van der Waals surface area contributed by atoms with E-state index in [4.69, 9.17) is 0 Å². The lowest BCUT2D eigenvalue weighted by Crippen LogP contribution is -1.95. The number of hydrogen-bond donors (Lipinski definition) is 0. The summed E-state index contributed by atoms with van der Waals surface area (Å²) in [6, 6.07) is 15.0. The first kappa shape index (κ1) is 11.8. The molecule has 0 bridgehead atoms. The van der Waals surface area contributed by atoms with Crippen LogP contribution in [0.1, 0.15) is 16.0 Å². The average molecular weight is 344 g/mol. The first-order valence-corrected chi connectivity index (χ1v) is 6.54. The molecule has 0 nitrogen and oxygen atoms in total. The minimum absolute atomic E-state index is 0.00113. The molecular weight excluding hydrogens is 335 g/mol. The van der Waals surface area contributed by atoms with Gasteiger partial charge < -0.3 is 0 Å². The van der Waals surface area contributed by atoms with Crippen molar-refractivity contribution in [3.63, 3.8) is 0 Å². The Balaban J connectivity index is 2.42. The van der Waals surface area contributed by atoms with Crippen molar-refractivity contribution in [3.05, 3.63) is 69.9 Å². The molecule has 0 N–H and O–H groups in total. The molecule has 0 aromatic heterocycles. The molecular formula is C13H9Br2F. The third-order valence-electron chi connectivity index (χ3n) is 2.35. The molecule has 0 aliphatic heterocycles. The van der Waals surface area contributed by atoms with E-state index in [9.17, 15) is 4.39 Å². The van der Waals surface area contributed by atoms with Crippen LogP contribution in [-0.4, -0.2) is 0 Å². The third kappa shape index (κ3) is 2.36. The summed E-state index contributed by atoms with van der Waals surface area (Å²) in [6.07, 6.45) is 0. The Morgan fingerprint density at radius 3 is 2.31 bits per heavy atom. The van der Waals surface area contributed by atoms with Crippen molar-refractivity contribution in [3.8, 4) is 0 Å². The van der Waals surface area contributed by atoms with E-state index >= 15 is 0 Å². The van der Waals surface area contributed by atoms with Gasteiger partial charge in [0.15, 0.2) is 0 Å². The van der Waals surface area contributed by atoms with Crippen LogP contribution in [0.5, 0.6) is 0 Å². The van der Waals surface area contributed by atoms with Crippen molar-refractivity contribution in [2.75, 3.05) is 0 Å². The van der Waals surface area contributed by atoms with Crippen molar-refractivity contribution in [1.82, 2.24) is 0 Å². The lowest BCUT2D eigenvalue weighted by molar-refractivity contribution is 0.619. The van der Waals surface area contributed by atoms with Gasteiger partial charge in [-0.15, -0.1) is 0 Å². The highest BCUT2D eigenvalue weighted by molar-refractivity contribution is 9.11. The van der Waals surface area contributed by atoms with Crippen molar-refractivity contribution in [2.45, 2.75) is 4.83 Å². The van der Waals surface area contributed by atoms with Gasteiger partial charge >= 0.3 is 0 Å². The van der Waals surface area contributed by atoms with Crippen LogP contribution >= 0.6 is 31.9 Å². The van der Waals surface area contributed by atoms with Crippen LogP contribution in [-0.2, 0) is 0 Å². The predicted molar refractivity (Wildman–Crippen MR) is 71.3 cm³/mol. The Bertz CT molecular complexity index is 483. The van der Waals surface area contributed by atoms with Gasteiger partial charge in [0.1, 0.15) is 5.82 Å². The van der Waals surface area contributed by atoms with Gasteiger partial charge in [-0.25, -0.2) is 4.39 Å². The first-order chi connectivity index (χ1) is 7.70. The second-order valence-corrected chi connectivity index (χ2v) is 5.12. The van der Waals surface area contributed by atoms with Gasteiger partial charge in [0.05, 0.1) is 9.30 Å². The van der Waals surface area contributed by atoms with E-state index in [1.807, 2.05) is 36.4 Å². The molecule has 0 aliphatic carbocycles. The van der Waals surface area contributed by atoms with Crippen molar-refractivity contribution < 1.29 is 4.39 Å². The van der Waals surface area contributed by atoms with Crippen LogP contribution in [0, 0.1) is 5.82 Å². The highest BCUT2D eigenvalue weighted by Gasteiger charge is 2.14. The summed E-state index contributed by atoms with van der Waals surface area (Å²) < 4.78 is 13.9. The molecule has 0 heterocycles. The van der Waals surface area contributed by atoms with Crippen LogP contribution in [0.2, 0.25) is 0 Å². The number of hydrogen-bond acceptors (Lipinski definition) is 0. The standard InChI is InChI=1S/C13H9Br2F/c14-12(9-5-2-1-3-6-9)10-7-4-8-11(16)13(10)15/h1-8,12H. The van der Waals surface area contributed by atoms with E-state index in [0.717, 1.165) is 11.1 Å². The van der Waals surface area contributed by atoms with Gasteiger partial charge in [-0.2, -0.15) is 0 Å². The Morgan fingerprint density at radius 2 is 1.62 bits per heavy atom. The van der Waals surface area contributed by atoms with Gasteiger partial charge in [-0.1, -0.05) is 58.4 Å². The van der Waals surface area contributed by atoms with E-state index < -0.39 is 0 Å². The Kier molecular flexibility index (Phi) is 3.77. The zero-order valence-electron chi connectivity index (χ0n) is 8.33. The maximum atomic E-state index is 13.4. The third-order valence-corrected chi connectivity index (χ3v) is 4.21. The summed E-state index contributed by atoms with van der Waals surface area (Å²) in [5.41, 5.74) is 2.00. The first-order valence-electron chi connectivity index (χ1n) is 4.83. The van der Waals surface area contributed by atoms with Crippen LogP contribution in [0.15, 0.2) is 53.0 Å². The minimum Gasteiger partial charge on any atom is -0.206 e. The lowest BCUT2D eigenvalue weighted by atomic mass is 10.1. The molecule has 0 radical (unpaired) electrons. The molecule has 1 unspecified atom stereocenters. The fourth-order valence-corrected chi connectivity index (χ4v) is 3.00. The zero-order valence-corrected chi connectivity index (χ0v) is 11.5. The van der Waals surface area contributed by atoms with Crippen LogP contribution < -0.4 is 0 Å². The number of benzene rings is 2. The van der Waals surface area contributed by atoms with E-state index in [1.165, 1.54) is 6.07 Å². The van der Waals surface area contributed by atoms with Gasteiger partial charge in [0, 0.05) is 0 Å². The van der Waals surface area contributed by atoms with E-state index in [0.29, 0.717) is 4.47 Å². The number of alkyl halides is 1. The fraction of sp³-hybridized carbons (Fsp3) is 0.0769. The summed E-state index contributed by atoms with van der Waals surface area (Å²) in [7, 11) is 0. The smallest absolute Gasteiger partial charge is 0.137 e. The monoisotopic (exact) mass is 342 g/mol. The normalized spacial score (nSPS) is 12.4. The summed E-state index contributed by atoms with van der Waals surface area (Å²) in [5, 5.41) is 0. The number of halogens is 3. The molecule has 0 amide bonds. The second-order valence-electron chi connectivity index (χ2n) is 3.42. The Labute approximate surface area is 111 Å². The van der Waals surface area contributed by atoms with Gasteiger partial charge in [-0.3, -0.25) is 0 Å². The topological polar surface area (TPSA) is 0 Å². The SMILES string of the molecule is Fc1cccc(C(Br)c2ccccc2)c1Br. The predicted octanol–water partition coefficient (Wildman–Crippen LogP) is 5.07. The van der Waals surface area contributed by atoms with Gasteiger partial charge in [0.2, 0.25) is 0 Å². The molecule has 2 aromatic rings. The maximum absolute atomic E-state index is 13.4. The van der Waals surface area contributed by atoms with E-state index in [1.54, 1.807) is 6.07 Å². The quantitative estimate of drug-likeness (QED) is 0.667. The molecule has 2 aromatic carbocycles. The molecule has 16 heavy (non-hydrogen) atoms. The largest absolute Gasteiger partial charge is 0.206 e. The van der Waals surface area contributed by atoms with Crippen LogP contribution in [0.25, 0.3) is 0 Å². The maximum Gasteiger partial charge on any atom is 0.137 e. The van der Waals surface area contributed by atoms with Crippen molar-refractivity contribution >= 4 is 31.9 Å². The molecule has 82 valence electrons. The summed E-state index contributed by atoms with van der Waals surface area (Å²) in [5.74, 6) is -0.238. The van der Waals surface area contributed by atoms with E-state index in [-0.39, 0.29) is 10.6 Å². The lowest BCUT2D eigenvalue weighted by Gasteiger charge is -2.12. The molecule has 0 saturated carbocycles. The molecule has 3 heteroatoms. The number of rotatable bonds is 2. The molecule has 0 aliphatic rings. The molecule has 0 saturated heterocycles. The Hall–Kier alpha value is -0.670. The minimum atomic E-state index is -0.238. The highest BCUT2D eigenvalue weighted by atomic mass is 79.9. The molecule has 0 fully saturated rings. The summed E-state index contributed by atoms with van der Waals surface area (Å²) >= 11 is 6.86. The highest BCUT2D eigenvalue weighted by Crippen LogP contribution is 2.36. The van der Waals surface area contributed by atoms with E-state index in [2.05, 4.69) is 31.9 Å². The fourth-order valence-electron chi connectivity index (χ4n) is 1.52. The van der Waals surface area contributed by atoms with Crippen LogP contribution in [0.4, 0.5) is 4.39 Å². The van der Waals surface area contributed by atoms with Crippen molar-refractivity contribution in [2.24, 2.45) is 0 Å². The Morgan fingerprint density at radius 1 is 0.938 bits per heavy atom. The molecule has 0 spiro atoms. The van der Waals surface area contributed by atoms with Crippen LogP contribution in [0.3, 0.4) is 0 Å². The average Bonchev–Trinajstić information content (AvgIpc) is 2.33. The summed E-state index contributed by atoms with van der Waals surface area (Å²) in [4.78, 5) is -0.00113. The van der Waals surface area contributed by atoms with Gasteiger partial charge in [-0.05, 0) is 33.1 Å². The molecule has 1 atom stereocenters. The second kappa shape index (κ2) is 5.11. The van der Waals surface area contributed by atoms with Gasteiger partial charge in [0.25, 0.3) is 0 Å². The van der Waals surface area contributed by atoms with Crippen molar-refractivity contribution in [1.29, 1.82) is 0 Å². The molecule has 2 rings (SSSR count).